The minimum Gasteiger partial charge on any atom is -0.375 e. The molecule has 2 heterocycles. The number of hydrogen-bond acceptors (Lipinski definition) is 3. The van der Waals surface area contributed by atoms with E-state index in [1.54, 1.807) is 0 Å². The first kappa shape index (κ1) is 15.0. The Morgan fingerprint density at radius 2 is 2.00 bits per heavy atom. The molecule has 3 nitrogen and oxygen atoms in total. The van der Waals surface area contributed by atoms with Crippen LogP contribution < -0.4 is 5.32 Å². The second kappa shape index (κ2) is 6.91. The Balaban J connectivity index is 1.52. The molecule has 2 fully saturated rings. The molecule has 0 unspecified atom stereocenters. The number of benzene rings is 1. The van der Waals surface area contributed by atoms with Gasteiger partial charge < -0.3 is 10.1 Å². The fraction of sp³-hybridized carbons (Fsp3) is 0.667. The van der Waals surface area contributed by atoms with Gasteiger partial charge in [0.1, 0.15) is 0 Å². The molecule has 2 aliphatic rings. The molecule has 2 aliphatic heterocycles. The van der Waals surface area contributed by atoms with Gasteiger partial charge in [-0.15, -0.1) is 0 Å². The van der Waals surface area contributed by atoms with E-state index in [-0.39, 0.29) is 5.60 Å². The van der Waals surface area contributed by atoms with Crippen molar-refractivity contribution in [3.63, 3.8) is 0 Å². The van der Waals surface area contributed by atoms with Crippen LogP contribution in [-0.2, 0) is 11.3 Å². The Bertz CT molecular complexity index is 424. The predicted octanol–water partition coefficient (Wildman–Crippen LogP) is 2.81. The quantitative estimate of drug-likeness (QED) is 0.922. The van der Waals surface area contributed by atoms with Crippen LogP contribution in [-0.4, -0.2) is 42.8 Å². The highest BCUT2D eigenvalue weighted by Gasteiger charge is 2.39. The Labute approximate surface area is 128 Å². The topological polar surface area (TPSA) is 24.5 Å². The van der Waals surface area contributed by atoms with Crippen LogP contribution in [0.5, 0.6) is 0 Å². The largest absolute Gasteiger partial charge is 0.375 e. The van der Waals surface area contributed by atoms with Crippen molar-refractivity contribution in [2.75, 3.05) is 26.2 Å². The summed E-state index contributed by atoms with van der Waals surface area (Å²) >= 11 is 0. The first-order valence-corrected chi connectivity index (χ1v) is 8.43. The first-order chi connectivity index (χ1) is 10.3. The summed E-state index contributed by atoms with van der Waals surface area (Å²) in [6, 6.07) is 11.5. The molecule has 0 radical (unpaired) electrons. The van der Waals surface area contributed by atoms with E-state index < -0.39 is 0 Å². The second-order valence-electron chi connectivity index (χ2n) is 6.54. The highest BCUT2D eigenvalue weighted by Crippen LogP contribution is 2.35. The van der Waals surface area contributed by atoms with E-state index in [0.29, 0.717) is 6.04 Å². The average molecular weight is 288 g/mol. The van der Waals surface area contributed by atoms with Crippen molar-refractivity contribution < 1.29 is 4.74 Å². The number of piperidine rings is 1. The van der Waals surface area contributed by atoms with Crippen molar-refractivity contribution in [1.82, 2.24) is 10.2 Å². The van der Waals surface area contributed by atoms with Gasteiger partial charge in [0, 0.05) is 32.3 Å². The summed E-state index contributed by atoms with van der Waals surface area (Å²) in [7, 11) is 0. The van der Waals surface area contributed by atoms with Crippen molar-refractivity contribution in [3.05, 3.63) is 35.9 Å². The Morgan fingerprint density at radius 3 is 2.71 bits per heavy atom. The molecule has 0 saturated carbocycles. The monoisotopic (exact) mass is 288 g/mol. The van der Waals surface area contributed by atoms with Gasteiger partial charge in [-0.05, 0) is 37.8 Å². The SMILES string of the molecule is CCN[C@H]1CCOC2(CCN(Cc3ccccc3)CC2)C1. The van der Waals surface area contributed by atoms with E-state index in [4.69, 9.17) is 4.74 Å². The standard InChI is InChI=1S/C18H28N2O/c1-2-19-17-8-13-21-18(14-17)9-11-20(12-10-18)15-16-6-4-3-5-7-16/h3-7,17,19H,2,8-15H2,1H3/t17-/m0/s1. The van der Waals surface area contributed by atoms with Crippen LogP contribution in [0.3, 0.4) is 0 Å². The number of hydrogen-bond donors (Lipinski definition) is 1. The minimum absolute atomic E-state index is 0.151. The van der Waals surface area contributed by atoms with Gasteiger partial charge in [0.25, 0.3) is 0 Å². The third-order valence-electron chi connectivity index (χ3n) is 5.00. The Morgan fingerprint density at radius 1 is 1.24 bits per heavy atom. The molecule has 2 saturated heterocycles. The zero-order valence-corrected chi connectivity index (χ0v) is 13.2. The molecule has 0 aromatic heterocycles. The van der Waals surface area contributed by atoms with E-state index >= 15 is 0 Å². The average Bonchev–Trinajstić information content (AvgIpc) is 2.52. The van der Waals surface area contributed by atoms with Crippen molar-refractivity contribution in [2.45, 2.75) is 50.8 Å². The van der Waals surface area contributed by atoms with Crippen LogP contribution in [0.2, 0.25) is 0 Å². The normalized spacial score (nSPS) is 26.0. The summed E-state index contributed by atoms with van der Waals surface area (Å²) in [6.07, 6.45) is 4.73. The molecule has 1 atom stereocenters. The maximum Gasteiger partial charge on any atom is 0.0721 e. The van der Waals surface area contributed by atoms with Gasteiger partial charge in [0.2, 0.25) is 0 Å². The predicted molar refractivity (Wildman–Crippen MR) is 86.3 cm³/mol. The molecule has 3 heteroatoms. The molecule has 1 spiro atoms. The molecular weight excluding hydrogens is 260 g/mol. The van der Waals surface area contributed by atoms with Gasteiger partial charge in [-0.2, -0.15) is 0 Å². The van der Waals surface area contributed by atoms with Gasteiger partial charge in [0.05, 0.1) is 5.60 Å². The molecule has 0 aliphatic carbocycles. The zero-order valence-electron chi connectivity index (χ0n) is 13.2. The van der Waals surface area contributed by atoms with Gasteiger partial charge in [0.15, 0.2) is 0 Å². The molecular formula is C18H28N2O. The highest BCUT2D eigenvalue weighted by molar-refractivity contribution is 5.14. The molecule has 0 bridgehead atoms. The van der Waals surface area contributed by atoms with E-state index in [0.717, 1.165) is 32.8 Å². The van der Waals surface area contributed by atoms with Crippen LogP contribution >= 0.6 is 0 Å². The van der Waals surface area contributed by atoms with E-state index in [1.165, 1.54) is 31.2 Å². The number of likely N-dealkylation sites (tertiary alicyclic amines) is 1. The van der Waals surface area contributed by atoms with Gasteiger partial charge >= 0.3 is 0 Å². The smallest absolute Gasteiger partial charge is 0.0721 e. The summed E-state index contributed by atoms with van der Waals surface area (Å²) in [4.78, 5) is 2.57. The molecule has 1 aromatic rings. The van der Waals surface area contributed by atoms with Gasteiger partial charge in [-0.1, -0.05) is 37.3 Å². The van der Waals surface area contributed by atoms with Crippen LogP contribution in [0.1, 0.15) is 38.2 Å². The van der Waals surface area contributed by atoms with Crippen LogP contribution in [0.4, 0.5) is 0 Å². The van der Waals surface area contributed by atoms with Crippen molar-refractivity contribution >= 4 is 0 Å². The summed E-state index contributed by atoms with van der Waals surface area (Å²) in [5.41, 5.74) is 1.57. The number of nitrogens with zero attached hydrogens (tertiary/aromatic N) is 1. The Kier molecular flexibility index (Phi) is 4.94. The van der Waals surface area contributed by atoms with Crippen LogP contribution in [0.15, 0.2) is 30.3 Å². The number of nitrogens with one attached hydrogen (secondary N) is 1. The maximum atomic E-state index is 6.21. The Hall–Kier alpha value is -0.900. The molecule has 116 valence electrons. The lowest BCUT2D eigenvalue weighted by Crippen LogP contribution is -2.52. The summed E-state index contributed by atoms with van der Waals surface area (Å²) < 4.78 is 6.21. The van der Waals surface area contributed by atoms with Crippen molar-refractivity contribution in [2.24, 2.45) is 0 Å². The third-order valence-corrected chi connectivity index (χ3v) is 5.00. The number of rotatable bonds is 4. The molecule has 21 heavy (non-hydrogen) atoms. The summed E-state index contributed by atoms with van der Waals surface area (Å²) in [6.45, 7) is 7.59. The zero-order chi connectivity index (χ0) is 14.5. The molecule has 1 N–H and O–H groups in total. The van der Waals surface area contributed by atoms with E-state index in [9.17, 15) is 0 Å². The van der Waals surface area contributed by atoms with E-state index in [1.807, 2.05) is 0 Å². The van der Waals surface area contributed by atoms with Gasteiger partial charge in [-0.25, -0.2) is 0 Å². The number of ether oxygens (including phenoxy) is 1. The van der Waals surface area contributed by atoms with Gasteiger partial charge in [-0.3, -0.25) is 4.90 Å². The lowest BCUT2D eigenvalue weighted by atomic mass is 9.82. The summed E-state index contributed by atoms with van der Waals surface area (Å²) in [5.74, 6) is 0. The van der Waals surface area contributed by atoms with E-state index in [2.05, 4.69) is 47.5 Å². The first-order valence-electron chi connectivity index (χ1n) is 8.43. The minimum atomic E-state index is 0.151. The highest BCUT2D eigenvalue weighted by atomic mass is 16.5. The maximum absolute atomic E-state index is 6.21. The lowest BCUT2D eigenvalue weighted by molar-refractivity contribution is -0.120. The molecule has 0 amide bonds. The van der Waals surface area contributed by atoms with Crippen LogP contribution in [0, 0.1) is 0 Å². The summed E-state index contributed by atoms with van der Waals surface area (Å²) in [5, 5.41) is 3.61. The van der Waals surface area contributed by atoms with Crippen molar-refractivity contribution in [3.8, 4) is 0 Å². The van der Waals surface area contributed by atoms with Crippen molar-refractivity contribution in [1.29, 1.82) is 0 Å². The molecule has 3 rings (SSSR count). The molecule has 1 aromatic carbocycles. The fourth-order valence-corrected chi connectivity index (χ4v) is 3.80. The third kappa shape index (κ3) is 3.85. The second-order valence-corrected chi connectivity index (χ2v) is 6.54. The fourth-order valence-electron chi connectivity index (χ4n) is 3.80. The van der Waals surface area contributed by atoms with Crippen LogP contribution in [0.25, 0.3) is 0 Å². The lowest BCUT2D eigenvalue weighted by Gasteiger charge is -2.46.